The van der Waals surface area contributed by atoms with Crippen LogP contribution in [0.4, 0.5) is 0 Å². The third kappa shape index (κ3) is 3.18. The van der Waals surface area contributed by atoms with Crippen LogP contribution < -0.4 is 9.54 Å². The topological polar surface area (TPSA) is 43.6 Å². The van der Waals surface area contributed by atoms with E-state index in [4.69, 9.17) is 9.73 Å². The number of aryl methyl sites for hydroxylation is 1. The Morgan fingerprint density at radius 1 is 1.14 bits per heavy atom. The van der Waals surface area contributed by atoms with Gasteiger partial charge >= 0.3 is 0 Å². The van der Waals surface area contributed by atoms with Crippen LogP contribution in [0, 0.1) is 23.2 Å². The van der Waals surface area contributed by atoms with Crippen molar-refractivity contribution in [1.29, 1.82) is 0 Å². The molecule has 4 nitrogen and oxygen atoms in total. The largest absolute Gasteiger partial charge is 0.497 e. The van der Waals surface area contributed by atoms with Crippen LogP contribution in [0.2, 0.25) is 0 Å². The van der Waals surface area contributed by atoms with Gasteiger partial charge in [-0.15, -0.1) is 11.3 Å². The van der Waals surface area contributed by atoms with Crippen molar-refractivity contribution in [3.8, 4) is 17.0 Å². The molecule has 0 saturated heterocycles. The Morgan fingerprint density at radius 3 is 2.24 bits per heavy atom. The first-order valence-electron chi connectivity index (χ1n) is 10.9. The van der Waals surface area contributed by atoms with Gasteiger partial charge in [-0.1, -0.05) is 6.92 Å². The molecule has 0 unspecified atom stereocenters. The average Bonchev–Trinajstić information content (AvgIpc) is 3.02. The normalized spacial score (nSPS) is 30.7. The first-order valence-corrected chi connectivity index (χ1v) is 11.7. The van der Waals surface area contributed by atoms with E-state index in [-0.39, 0.29) is 11.3 Å². The molecule has 0 radical (unpaired) electrons. The Bertz CT molecular complexity index is 964. The Labute approximate surface area is 176 Å². The lowest BCUT2D eigenvalue weighted by Crippen LogP contribution is -2.49. The Hall–Kier alpha value is -1.88. The maximum atomic E-state index is 13.5. The highest BCUT2D eigenvalue weighted by Gasteiger charge is 2.54. The van der Waals surface area contributed by atoms with Gasteiger partial charge in [0.1, 0.15) is 5.75 Å². The minimum absolute atomic E-state index is 0.150. The summed E-state index contributed by atoms with van der Waals surface area (Å²) in [6.45, 7) is 2.17. The predicted octanol–water partition coefficient (Wildman–Crippen LogP) is 4.97. The third-order valence-corrected chi connectivity index (χ3v) is 8.75. The summed E-state index contributed by atoms with van der Waals surface area (Å²) in [5, 5.41) is 0. The number of hydrogen-bond donors (Lipinski definition) is 0. The van der Waals surface area contributed by atoms with Crippen LogP contribution >= 0.6 is 11.3 Å². The van der Waals surface area contributed by atoms with Crippen LogP contribution in [0.25, 0.3) is 11.3 Å². The number of rotatable bonds is 4. The van der Waals surface area contributed by atoms with Gasteiger partial charge in [-0.05, 0) is 92.5 Å². The number of carbonyl (C=O) groups is 1. The van der Waals surface area contributed by atoms with E-state index in [2.05, 4.69) is 23.6 Å². The summed E-state index contributed by atoms with van der Waals surface area (Å²) in [5.41, 5.74) is 2.14. The molecule has 4 saturated carbocycles. The molecule has 1 aromatic heterocycles. The second-order valence-corrected chi connectivity index (χ2v) is 10.5. The molecular formula is C24H30N2O2S. The second kappa shape index (κ2) is 7.12. The number of hydrogen-bond acceptors (Lipinski definition) is 3. The van der Waals surface area contributed by atoms with Crippen LogP contribution in [-0.4, -0.2) is 17.6 Å². The van der Waals surface area contributed by atoms with Crippen LogP contribution in [0.5, 0.6) is 5.75 Å². The van der Waals surface area contributed by atoms with Gasteiger partial charge in [0.2, 0.25) is 0 Å². The first kappa shape index (κ1) is 19.1. The van der Waals surface area contributed by atoms with Crippen molar-refractivity contribution in [3.05, 3.63) is 33.9 Å². The molecule has 2 aromatic rings. The van der Waals surface area contributed by atoms with Gasteiger partial charge in [-0.2, -0.15) is 4.99 Å². The summed E-state index contributed by atoms with van der Waals surface area (Å²) in [6, 6.07) is 8.16. The smallest absolute Gasteiger partial charge is 0.254 e. The van der Waals surface area contributed by atoms with Gasteiger partial charge in [-0.3, -0.25) is 4.79 Å². The molecule has 1 aromatic carbocycles. The van der Waals surface area contributed by atoms with E-state index in [9.17, 15) is 4.79 Å². The van der Waals surface area contributed by atoms with Crippen molar-refractivity contribution in [3.63, 3.8) is 0 Å². The molecule has 4 aliphatic carbocycles. The van der Waals surface area contributed by atoms with Crippen molar-refractivity contribution >= 4 is 17.2 Å². The van der Waals surface area contributed by atoms with Crippen LogP contribution in [0.15, 0.2) is 29.3 Å². The number of benzene rings is 1. The quantitative estimate of drug-likeness (QED) is 0.714. The number of aromatic nitrogens is 1. The maximum absolute atomic E-state index is 13.5. The van der Waals surface area contributed by atoms with Crippen LogP contribution in [0.3, 0.4) is 0 Å². The van der Waals surface area contributed by atoms with Gasteiger partial charge in [-0.25, -0.2) is 0 Å². The fraction of sp³-hybridized carbons (Fsp3) is 0.583. The van der Waals surface area contributed by atoms with E-state index >= 15 is 0 Å². The zero-order valence-corrected chi connectivity index (χ0v) is 18.4. The minimum atomic E-state index is -0.168. The van der Waals surface area contributed by atoms with Gasteiger partial charge < -0.3 is 9.30 Å². The van der Waals surface area contributed by atoms with E-state index in [0.29, 0.717) is 0 Å². The summed E-state index contributed by atoms with van der Waals surface area (Å²) in [6.07, 6.45) is 8.19. The van der Waals surface area contributed by atoms with Crippen molar-refractivity contribution < 1.29 is 9.53 Å². The van der Waals surface area contributed by atoms with E-state index in [1.807, 2.05) is 19.2 Å². The molecule has 1 heterocycles. The first-order chi connectivity index (χ1) is 14.0. The fourth-order valence-electron chi connectivity index (χ4n) is 6.53. The highest BCUT2D eigenvalue weighted by Crippen LogP contribution is 2.60. The van der Waals surface area contributed by atoms with Gasteiger partial charge in [0, 0.05) is 11.9 Å². The molecule has 6 rings (SSSR count). The zero-order chi connectivity index (χ0) is 20.2. The van der Waals surface area contributed by atoms with E-state index in [1.165, 1.54) is 24.1 Å². The second-order valence-electron chi connectivity index (χ2n) is 9.41. The lowest BCUT2D eigenvalue weighted by molar-refractivity contribution is -0.142. The number of amides is 1. The molecule has 0 N–H and O–H groups in total. The Kier molecular flexibility index (Phi) is 4.69. The fourth-order valence-corrected chi connectivity index (χ4v) is 7.60. The molecule has 0 spiro atoms. The average molecular weight is 411 g/mol. The highest BCUT2D eigenvalue weighted by molar-refractivity contribution is 7.09. The van der Waals surface area contributed by atoms with Gasteiger partial charge in [0.05, 0.1) is 18.2 Å². The lowest BCUT2D eigenvalue weighted by Gasteiger charge is -2.55. The number of thiazole rings is 1. The van der Waals surface area contributed by atoms with Gasteiger partial charge in [0.25, 0.3) is 5.91 Å². The number of carbonyl (C=O) groups excluding carboxylic acids is 1. The van der Waals surface area contributed by atoms with Crippen LogP contribution in [-0.2, 0) is 18.3 Å². The molecule has 1 amide bonds. The summed E-state index contributed by atoms with van der Waals surface area (Å²) < 4.78 is 7.41. The summed E-state index contributed by atoms with van der Waals surface area (Å²) in [4.78, 5) is 20.3. The standard InChI is InChI=1S/C24H30N2O2S/c1-4-20-21(18-5-7-19(28-3)8-6-18)26(2)23(29-20)25-22(27)24-12-15-9-16(13-24)11-17(10-15)14-24/h5-8,15-17H,4,9-14H2,1-3H3. The summed E-state index contributed by atoms with van der Waals surface area (Å²) >= 11 is 1.67. The lowest BCUT2D eigenvalue weighted by atomic mass is 9.49. The molecule has 154 valence electrons. The molecule has 5 heteroatoms. The maximum Gasteiger partial charge on any atom is 0.254 e. The number of methoxy groups -OCH3 is 1. The van der Waals surface area contributed by atoms with E-state index in [1.54, 1.807) is 18.4 Å². The Morgan fingerprint density at radius 2 is 1.72 bits per heavy atom. The Balaban J connectivity index is 1.52. The molecule has 4 fully saturated rings. The van der Waals surface area contributed by atoms with Crippen molar-refractivity contribution in [2.24, 2.45) is 35.2 Å². The highest BCUT2D eigenvalue weighted by atomic mass is 32.1. The SMILES string of the molecule is CCc1sc(=NC(=O)C23CC4CC(CC(C4)C2)C3)n(C)c1-c1ccc(OC)cc1. The number of ether oxygens (including phenoxy) is 1. The van der Waals surface area contributed by atoms with E-state index in [0.717, 1.165) is 65.2 Å². The third-order valence-electron chi connectivity index (χ3n) is 7.47. The van der Waals surface area contributed by atoms with Crippen molar-refractivity contribution in [1.82, 2.24) is 4.57 Å². The monoisotopic (exact) mass is 410 g/mol. The van der Waals surface area contributed by atoms with Gasteiger partial charge in [0.15, 0.2) is 4.80 Å². The predicted molar refractivity (Wildman–Crippen MR) is 116 cm³/mol. The molecule has 0 aliphatic heterocycles. The van der Waals surface area contributed by atoms with Crippen molar-refractivity contribution in [2.45, 2.75) is 51.9 Å². The number of nitrogens with zero attached hydrogens (tertiary/aromatic N) is 2. The molecule has 4 bridgehead atoms. The summed E-state index contributed by atoms with van der Waals surface area (Å²) in [5.74, 6) is 3.29. The molecule has 29 heavy (non-hydrogen) atoms. The molecule has 4 aliphatic rings. The minimum Gasteiger partial charge on any atom is -0.497 e. The molecule has 0 atom stereocenters. The summed E-state index contributed by atoms with van der Waals surface area (Å²) in [7, 11) is 3.73. The van der Waals surface area contributed by atoms with Crippen LogP contribution in [0.1, 0.15) is 50.3 Å². The van der Waals surface area contributed by atoms with E-state index < -0.39 is 0 Å². The van der Waals surface area contributed by atoms with Crippen molar-refractivity contribution in [2.75, 3.05) is 7.11 Å². The zero-order valence-electron chi connectivity index (χ0n) is 17.6. The molecular weight excluding hydrogens is 380 g/mol.